The number of nitrogens with zero attached hydrogens (tertiary/aromatic N) is 1. The number of amides is 1. The molecule has 0 radical (unpaired) electrons. The molecule has 0 aromatic carbocycles. The number of carbonyl (C=O) groups is 1. The Morgan fingerprint density at radius 2 is 1.79 bits per heavy atom. The number of methoxy groups -OCH3 is 1. The Labute approximate surface area is 149 Å². The summed E-state index contributed by atoms with van der Waals surface area (Å²) in [5.74, 6) is 0.858. The highest BCUT2D eigenvalue weighted by molar-refractivity contribution is 5.78. The molecule has 1 amide bonds. The Kier molecular flexibility index (Phi) is 11.0. The lowest BCUT2D eigenvalue weighted by Gasteiger charge is -2.37. The van der Waals surface area contributed by atoms with Crippen LogP contribution in [0.15, 0.2) is 12.3 Å². The molecule has 24 heavy (non-hydrogen) atoms. The molecule has 0 spiro atoms. The fourth-order valence-corrected chi connectivity index (χ4v) is 3.29. The van der Waals surface area contributed by atoms with Crippen LogP contribution in [0.25, 0.3) is 0 Å². The zero-order valence-corrected chi connectivity index (χ0v) is 17.0. The van der Waals surface area contributed by atoms with Gasteiger partial charge in [0.15, 0.2) is 0 Å². The molecule has 142 valence electrons. The summed E-state index contributed by atoms with van der Waals surface area (Å²) in [6, 6.07) is 0.230. The molecule has 0 aliphatic heterocycles. The van der Waals surface area contributed by atoms with Gasteiger partial charge in [0.1, 0.15) is 0 Å². The van der Waals surface area contributed by atoms with E-state index in [9.17, 15) is 4.79 Å². The van der Waals surface area contributed by atoms with E-state index in [4.69, 9.17) is 4.74 Å². The van der Waals surface area contributed by atoms with Crippen molar-refractivity contribution in [1.29, 1.82) is 0 Å². The van der Waals surface area contributed by atoms with Gasteiger partial charge in [0.25, 0.3) is 0 Å². The number of carbonyl (C=O) groups excluding carboxylic acids is 1. The van der Waals surface area contributed by atoms with Crippen molar-refractivity contribution in [3.8, 4) is 0 Å². The van der Waals surface area contributed by atoms with E-state index in [0.29, 0.717) is 11.8 Å². The molecule has 4 unspecified atom stereocenters. The zero-order valence-electron chi connectivity index (χ0n) is 17.0. The predicted molar refractivity (Wildman–Crippen MR) is 102 cm³/mol. The predicted octanol–water partition coefficient (Wildman–Crippen LogP) is 2.63. The third-order valence-corrected chi connectivity index (χ3v) is 4.97. The molecule has 0 saturated heterocycles. The molecular formula is C19H39N3O2. The van der Waals surface area contributed by atoms with Gasteiger partial charge in [-0.15, -0.1) is 0 Å². The number of likely N-dealkylation sites (N-methyl/N-ethyl adjacent to an activating group) is 2. The Morgan fingerprint density at radius 3 is 2.17 bits per heavy atom. The van der Waals surface area contributed by atoms with E-state index in [1.807, 2.05) is 19.0 Å². The number of ether oxygens (including phenoxy) is 1. The summed E-state index contributed by atoms with van der Waals surface area (Å²) < 4.78 is 5.63. The topological polar surface area (TPSA) is 53.6 Å². The van der Waals surface area contributed by atoms with Gasteiger partial charge in [-0.05, 0) is 25.3 Å². The van der Waals surface area contributed by atoms with Crippen LogP contribution in [-0.2, 0) is 9.53 Å². The maximum Gasteiger partial charge on any atom is 0.241 e. The van der Waals surface area contributed by atoms with Crippen LogP contribution in [-0.4, -0.2) is 56.7 Å². The van der Waals surface area contributed by atoms with Crippen molar-refractivity contribution in [2.45, 2.75) is 65.6 Å². The van der Waals surface area contributed by atoms with Crippen LogP contribution in [0.3, 0.4) is 0 Å². The molecule has 0 aromatic heterocycles. The highest BCUT2D eigenvalue weighted by atomic mass is 16.5. The van der Waals surface area contributed by atoms with Gasteiger partial charge in [0, 0.05) is 25.9 Å². The second-order valence-corrected chi connectivity index (χ2v) is 6.95. The smallest absolute Gasteiger partial charge is 0.241 e. The molecular weight excluding hydrogens is 302 g/mol. The van der Waals surface area contributed by atoms with Crippen LogP contribution in [0, 0.1) is 11.8 Å². The fourth-order valence-electron chi connectivity index (χ4n) is 3.29. The van der Waals surface area contributed by atoms with E-state index in [0.717, 1.165) is 18.5 Å². The van der Waals surface area contributed by atoms with E-state index in [-0.39, 0.29) is 30.6 Å². The molecule has 5 heteroatoms. The fraction of sp³-hybridized carbons (Fsp3) is 0.842. The molecule has 5 nitrogen and oxygen atoms in total. The van der Waals surface area contributed by atoms with Crippen LogP contribution in [0.5, 0.6) is 0 Å². The SMILES string of the molecule is C=C(NCC(=O)N(C)C(C(C)CC)C(CC)OC)C(NC)C(C)C. The molecule has 2 N–H and O–H groups in total. The van der Waals surface area contributed by atoms with E-state index < -0.39 is 0 Å². The van der Waals surface area contributed by atoms with Gasteiger partial charge in [-0.25, -0.2) is 0 Å². The highest BCUT2D eigenvalue weighted by Crippen LogP contribution is 2.21. The lowest BCUT2D eigenvalue weighted by Crippen LogP contribution is -2.51. The lowest BCUT2D eigenvalue weighted by molar-refractivity contribution is -0.135. The van der Waals surface area contributed by atoms with Crippen molar-refractivity contribution in [1.82, 2.24) is 15.5 Å². The maximum absolute atomic E-state index is 12.7. The average molecular weight is 342 g/mol. The summed E-state index contributed by atoms with van der Waals surface area (Å²) in [7, 11) is 5.51. The summed E-state index contributed by atoms with van der Waals surface area (Å²) in [6.07, 6.45) is 1.95. The summed E-state index contributed by atoms with van der Waals surface area (Å²) in [5.41, 5.74) is 0.855. The van der Waals surface area contributed by atoms with E-state index in [1.165, 1.54) is 0 Å². The molecule has 0 aromatic rings. The van der Waals surface area contributed by atoms with Gasteiger partial charge < -0.3 is 20.3 Å². The average Bonchev–Trinajstić information content (AvgIpc) is 2.56. The maximum atomic E-state index is 12.7. The first-order valence-corrected chi connectivity index (χ1v) is 9.13. The summed E-state index contributed by atoms with van der Waals surface area (Å²) in [6.45, 7) is 15.0. The van der Waals surface area contributed by atoms with Crippen molar-refractivity contribution in [3.05, 3.63) is 12.3 Å². The second-order valence-electron chi connectivity index (χ2n) is 6.95. The van der Waals surface area contributed by atoms with Gasteiger partial charge >= 0.3 is 0 Å². The number of hydrogen-bond donors (Lipinski definition) is 2. The van der Waals surface area contributed by atoms with Gasteiger partial charge in [-0.3, -0.25) is 4.79 Å². The lowest BCUT2D eigenvalue weighted by atomic mass is 9.91. The zero-order chi connectivity index (χ0) is 18.9. The standard InChI is InChI=1S/C19H39N3O2/c1-10-14(5)19(16(11-2)24-9)22(8)17(23)12-21-15(6)18(20-7)13(3)4/h13-14,16,18-21H,6,10-12H2,1-5,7-9H3. The molecule has 0 heterocycles. The summed E-state index contributed by atoms with van der Waals surface area (Å²) in [4.78, 5) is 14.5. The van der Waals surface area contributed by atoms with E-state index in [1.54, 1.807) is 7.11 Å². The normalized spacial score (nSPS) is 16.4. The van der Waals surface area contributed by atoms with E-state index >= 15 is 0 Å². The third kappa shape index (κ3) is 6.44. The van der Waals surface area contributed by atoms with Crippen LogP contribution in [0.1, 0.15) is 47.5 Å². The quantitative estimate of drug-likeness (QED) is 0.573. The van der Waals surface area contributed by atoms with Gasteiger partial charge in [0.2, 0.25) is 5.91 Å². The molecule has 0 fully saturated rings. The van der Waals surface area contributed by atoms with Crippen LogP contribution < -0.4 is 10.6 Å². The molecule has 0 saturated carbocycles. The van der Waals surface area contributed by atoms with Gasteiger partial charge in [-0.1, -0.05) is 47.6 Å². The Hall–Kier alpha value is -1.07. The highest BCUT2D eigenvalue weighted by Gasteiger charge is 2.31. The minimum absolute atomic E-state index is 0.0535. The van der Waals surface area contributed by atoms with Crippen LogP contribution >= 0.6 is 0 Å². The molecule has 0 rings (SSSR count). The first kappa shape index (κ1) is 22.9. The number of nitrogens with one attached hydrogen (secondary N) is 2. The number of rotatable bonds is 12. The van der Waals surface area contributed by atoms with Gasteiger partial charge in [0.05, 0.1) is 18.7 Å². The number of hydrogen-bond acceptors (Lipinski definition) is 4. The van der Waals surface area contributed by atoms with Crippen molar-refractivity contribution >= 4 is 5.91 Å². The van der Waals surface area contributed by atoms with Crippen LogP contribution in [0.4, 0.5) is 0 Å². The molecule has 0 aliphatic rings. The van der Waals surface area contributed by atoms with Gasteiger partial charge in [-0.2, -0.15) is 0 Å². The first-order valence-electron chi connectivity index (χ1n) is 9.13. The third-order valence-electron chi connectivity index (χ3n) is 4.97. The molecule has 0 aliphatic carbocycles. The Morgan fingerprint density at radius 1 is 1.21 bits per heavy atom. The molecule has 0 bridgehead atoms. The monoisotopic (exact) mass is 341 g/mol. The van der Waals surface area contributed by atoms with Crippen LogP contribution in [0.2, 0.25) is 0 Å². The van der Waals surface area contributed by atoms with Crippen molar-refractivity contribution in [2.24, 2.45) is 11.8 Å². The van der Waals surface area contributed by atoms with Crippen molar-refractivity contribution < 1.29 is 9.53 Å². The minimum Gasteiger partial charge on any atom is -0.379 e. The molecule has 4 atom stereocenters. The largest absolute Gasteiger partial charge is 0.379 e. The van der Waals surface area contributed by atoms with Crippen molar-refractivity contribution in [3.63, 3.8) is 0 Å². The second kappa shape index (κ2) is 11.5. The Bertz CT molecular complexity index is 381. The minimum atomic E-state index is 0.0535. The Balaban J connectivity index is 4.90. The summed E-state index contributed by atoms with van der Waals surface area (Å²) in [5, 5.41) is 6.43. The first-order chi connectivity index (χ1) is 11.2. The van der Waals surface area contributed by atoms with Crippen molar-refractivity contribution in [2.75, 3.05) is 27.7 Å². The summed E-state index contributed by atoms with van der Waals surface area (Å²) >= 11 is 0. The van der Waals surface area contributed by atoms with E-state index in [2.05, 4.69) is 51.8 Å².